The molecule has 0 saturated heterocycles. The van der Waals surface area contributed by atoms with Crippen molar-refractivity contribution in [1.82, 2.24) is 14.8 Å². The fourth-order valence-corrected chi connectivity index (χ4v) is 2.45. The van der Waals surface area contributed by atoms with Gasteiger partial charge in [-0.25, -0.2) is 0 Å². The normalized spacial score (nSPS) is 10.5. The lowest BCUT2D eigenvalue weighted by Crippen LogP contribution is -2.23. The average molecular weight is 275 g/mol. The van der Waals surface area contributed by atoms with Crippen LogP contribution in [0.15, 0.2) is 24.5 Å². The van der Waals surface area contributed by atoms with Gasteiger partial charge in [0.15, 0.2) is 0 Å². The molecule has 0 amide bonds. The Balaban J connectivity index is 2.34. The average Bonchev–Trinajstić information content (AvgIpc) is 2.65. The Labute approximate surface area is 118 Å². The molecule has 6 heteroatoms. The van der Waals surface area contributed by atoms with Crippen LogP contribution >= 0.6 is 12.2 Å². The Bertz CT molecular complexity index is 591. The highest BCUT2D eigenvalue weighted by Crippen LogP contribution is 2.23. The predicted octanol–water partition coefficient (Wildman–Crippen LogP) is 1.39. The van der Waals surface area contributed by atoms with Gasteiger partial charge < -0.3 is 10.6 Å². The van der Waals surface area contributed by atoms with E-state index in [-0.39, 0.29) is 0 Å². The Morgan fingerprint density at radius 2 is 2.05 bits per heavy atom. The quantitative estimate of drug-likeness (QED) is 0.855. The van der Waals surface area contributed by atoms with Crippen molar-refractivity contribution in [3.05, 3.63) is 41.3 Å². The number of aromatic nitrogens is 3. The maximum atomic E-state index is 5.80. The summed E-state index contributed by atoms with van der Waals surface area (Å²) in [6.45, 7) is 2.66. The van der Waals surface area contributed by atoms with Gasteiger partial charge in [-0.3, -0.25) is 9.67 Å². The summed E-state index contributed by atoms with van der Waals surface area (Å²) in [4.78, 5) is 6.48. The van der Waals surface area contributed by atoms with Crippen LogP contribution in [0.1, 0.15) is 16.8 Å². The minimum Gasteiger partial charge on any atom is -0.389 e. The summed E-state index contributed by atoms with van der Waals surface area (Å²) >= 11 is 5.12. The highest BCUT2D eigenvalue weighted by molar-refractivity contribution is 7.80. The minimum absolute atomic E-state index is 0.377. The van der Waals surface area contributed by atoms with Crippen LogP contribution in [0.25, 0.3) is 0 Å². The van der Waals surface area contributed by atoms with E-state index in [9.17, 15) is 0 Å². The van der Waals surface area contributed by atoms with Gasteiger partial charge in [-0.1, -0.05) is 12.2 Å². The van der Waals surface area contributed by atoms with Crippen LogP contribution in [-0.4, -0.2) is 26.8 Å². The molecule has 0 fully saturated rings. The zero-order valence-electron chi connectivity index (χ0n) is 11.3. The van der Waals surface area contributed by atoms with Crippen LogP contribution in [0.5, 0.6) is 0 Å². The van der Waals surface area contributed by atoms with Crippen molar-refractivity contribution in [3.8, 4) is 0 Å². The van der Waals surface area contributed by atoms with E-state index in [0.29, 0.717) is 4.99 Å². The molecule has 0 saturated carbocycles. The van der Waals surface area contributed by atoms with Gasteiger partial charge in [-0.15, -0.1) is 0 Å². The van der Waals surface area contributed by atoms with E-state index in [0.717, 1.165) is 23.6 Å². The van der Waals surface area contributed by atoms with Gasteiger partial charge in [0.05, 0.1) is 11.3 Å². The first-order valence-corrected chi connectivity index (χ1v) is 6.35. The second-order valence-electron chi connectivity index (χ2n) is 4.48. The molecule has 0 aliphatic rings. The molecule has 0 aliphatic heterocycles. The maximum Gasteiger partial charge on any atom is 0.137 e. The van der Waals surface area contributed by atoms with E-state index in [1.54, 1.807) is 12.4 Å². The lowest BCUT2D eigenvalue weighted by Gasteiger charge is -2.20. The van der Waals surface area contributed by atoms with Gasteiger partial charge in [0.2, 0.25) is 0 Å². The van der Waals surface area contributed by atoms with Crippen molar-refractivity contribution in [2.24, 2.45) is 12.8 Å². The molecule has 0 radical (unpaired) electrons. The van der Waals surface area contributed by atoms with E-state index >= 15 is 0 Å². The first kappa shape index (κ1) is 13.5. The van der Waals surface area contributed by atoms with E-state index in [1.807, 2.05) is 37.8 Å². The largest absolute Gasteiger partial charge is 0.389 e. The molecule has 0 atom stereocenters. The van der Waals surface area contributed by atoms with E-state index in [1.165, 1.54) is 5.56 Å². The molecule has 2 heterocycles. The van der Waals surface area contributed by atoms with Crippen LogP contribution in [0.2, 0.25) is 0 Å². The molecule has 2 N–H and O–H groups in total. The SMILES string of the molecule is Cc1nn(C)c(N(C)Cc2ccncc2)c1C(N)=S. The summed E-state index contributed by atoms with van der Waals surface area (Å²) < 4.78 is 1.81. The van der Waals surface area contributed by atoms with Crippen molar-refractivity contribution in [2.75, 3.05) is 11.9 Å². The number of pyridine rings is 1. The van der Waals surface area contributed by atoms with E-state index in [4.69, 9.17) is 18.0 Å². The Kier molecular flexibility index (Phi) is 3.80. The third-order valence-electron chi connectivity index (χ3n) is 2.97. The zero-order valence-corrected chi connectivity index (χ0v) is 12.1. The number of hydrogen-bond acceptors (Lipinski definition) is 4. The molecule has 0 bridgehead atoms. The number of hydrogen-bond donors (Lipinski definition) is 1. The zero-order chi connectivity index (χ0) is 14.0. The number of anilines is 1. The molecule has 5 nitrogen and oxygen atoms in total. The van der Waals surface area contributed by atoms with E-state index < -0.39 is 0 Å². The number of aryl methyl sites for hydroxylation is 2. The second kappa shape index (κ2) is 5.36. The Morgan fingerprint density at radius 3 is 2.63 bits per heavy atom. The standard InChI is InChI=1S/C13H17N5S/c1-9-11(12(14)19)13(18(3)16-9)17(2)8-10-4-6-15-7-5-10/h4-7H,8H2,1-3H3,(H2,14,19). The van der Waals surface area contributed by atoms with Crippen molar-refractivity contribution >= 4 is 23.0 Å². The number of thiocarbonyl (C=S) groups is 1. The molecule has 0 spiro atoms. The van der Waals surface area contributed by atoms with Crippen LogP contribution in [-0.2, 0) is 13.6 Å². The summed E-state index contributed by atoms with van der Waals surface area (Å²) in [7, 11) is 3.89. The molecule has 2 aromatic rings. The maximum absolute atomic E-state index is 5.80. The summed E-state index contributed by atoms with van der Waals surface area (Å²) in [6, 6.07) is 3.97. The molecular weight excluding hydrogens is 258 g/mol. The monoisotopic (exact) mass is 275 g/mol. The van der Waals surface area contributed by atoms with Crippen LogP contribution in [0.3, 0.4) is 0 Å². The van der Waals surface area contributed by atoms with Crippen LogP contribution < -0.4 is 10.6 Å². The van der Waals surface area contributed by atoms with Crippen molar-refractivity contribution in [3.63, 3.8) is 0 Å². The second-order valence-corrected chi connectivity index (χ2v) is 4.92. The number of rotatable bonds is 4. The summed E-state index contributed by atoms with van der Waals surface area (Å²) in [6.07, 6.45) is 3.57. The Morgan fingerprint density at radius 1 is 1.42 bits per heavy atom. The van der Waals surface area contributed by atoms with Gasteiger partial charge in [-0.2, -0.15) is 5.10 Å². The highest BCUT2D eigenvalue weighted by atomic mass is 32.1. The van der Waals surface area contributed by atoms with Crippen molar-refractivity contribution in [2.45, 2.75) is 13.5 Å². The fraction of sp³-hybridized carbons (Fsp3) is 0.308. The van der Waals surface area contributed by atoms with Gasteiger partial charge in [0, 0.05) is 33.0 Å². The Hall–Kier alpha value is -1.95. The van der Waals surface area contributed by atoms with Gasteiger partial charge in [0.1, 0.15) is 10.8 Å². The fourth-order valence-electron chi connectivity index (χ4n) is 2.21. The number of nitrogens with two attached hydrogens (primary N) is 1. The highest BCUT2D eigenvalue weighted by Gasteiger charge is 2.18. The molecular formula is C13H17N5S. The minimum atomic E-state index is 0.377. The topological polar surface area (TPSA) is 60.0 Å². The lowest BCUT2D eigenvalue weighted by molar-refractivity contribution is 0.726. The van der Waals surface area contributed by atoms with Crippen molar-refractivity contribution < 1.29 is 0 Å². The third-order valence-corrected chi connectivity index (χ3v) is 3.17. The molecule has 100 valence electrons. The molecule has 0 aromatic carbocycles. The van der Waals surface area contributed by atoms with Gasteiger partial charge in [0.25, 0.3) is 0 Å². The predicted molar refractivity (Wildman–Crippen MR) is 80.2 cm³/mol. The first-order chi connectivity index (χ1) is 9.00. The smallest absolute Gasteiger partial charge is 0.137 e. The van der Waals surface area contributed by atoms with Gasteiger partial charge in [-0.05, 0) is 24.6 Å². The summed E-state index contributed by atoms with van der Waals surface area (Å²) in [5.41, 5.74) is 8.67. The van der Waals surface area contributed by atoms with Crippen LogP contribution in [0.4, 0.5) is 5.82 Å². The summed E-state index contributed by atoms with van der Waals surface area (Å²) in [5, 5.41) is 4.39. The first-order valence-electron chi connectivity index (χ1n) is 5.94. The van der Waals surface area contributed by atoms with Crippen molar-refractivity contribution in [1.29, 1.82) is 0 Å². The molecule has 0 unspecified atom stereocenters. The van der Waals surface area contributed by atoms with Gasteiger partial charge >= 0.3 is 0 Å². The number of nitrogens with zero attached hydrogens (tertiary/aromatic N) is 4. The van der Waals surface area contributed by atoms with E-state index in [2.05, 4.69) is 15.0 Å². The molecule has 19 heavy (non-hydrogen) atoms. The van der Waals surface area contributed by atoms with Crippen LogP contribution in [0, 0.1) is 6.92 Å². The lowest BCUT2D eigenvalue weighted by atomic mass is 10.2. The summed E-state index contributed by atoms with van der Waals surface area (Å²) in [5.74, 6) is 0.932. The third kappa shape index (κ3) is 2.73. The molecule has 0 aliphatic carbocycles. The molecule has 2 aromatic heterocycles. The molecule has 2 rings (SSSR count).